The number of aromatic nitrogens is 2. The Bertz CT molecular complexity index is 930. The molecule has 0 atom stereocenters. The van der Waals surface area contributed by atoms with Crippen LogP contribution in [0.3, 0.4) is 0 Å². The minimum absolute atomic E-state index is 0.0599. The predicted octanol–water partition coefficient (Wildman–Crippen LogP) is 2.74. The van der Waals surface area contributed by atoms with Gasteiger partial charge in [0.25, 0.3) is 5.69 Å². The van der Waals surface area contributed by atoms with Gasteiger partial charge in [-0.3, -0.25) is 10.1 Å². The second-order valence-electron chi connectivity index (χ2n) is 6.68. The lowest BCUT2D eigenvalue weighted by Crippen LogP contribution is -2.45. The van der Waals surface area contributed by atoms with Gasteiger partial charge in [-0.25, -0.2) is 4.98 Å². The second-order valence-corrected chi connectivity index (χ2v) is 6.68. The van der Waals surface area contributed by atoms with E-state index in [2.05, 4.69) is 33.5 Å². The van der Waals surface area contributed by atoms with Crippen molar-refractivity contribution in [2.45, 2.75) is 6.54 Å². The van der Waals surface area contributed by atoms with Crippen molar-refractivity contribution in [3.63, 3.8) is 0 Å². The minimum Gasteiger partial charge on any atom is -0.340 e. The van der Waals surface area contributed by atoms with E-state index in [9.17, 15) is 10.1 Å². The number of hydrogen-bond donors (Lipinski definition) is 0. The molecule has 4 rings (SSSR count). The average Bonchev–Trinajstić information content (AvgIpc) is 3.01. The van der Waals surface area contributed by atoms with Gasteiger partial charge in [0.05, 0.1) is 17.0 Å². The summed E-state index contributed by atoms with van der Waals surface area (Å²) in [5.74, 6) is 0.811. The molecule has 7 nitrogen and oxygen atoms in total. The number of hydrogen-bond acceptors (Lipinski definition) is 5. The molecule has 1 aromatic heterocycles. The molecule has 0 saturated carbocycles. The Morgan fingerprint density at radius 1 is 1.04 bits per heavy atom. The summed E-state index contributed by atoms with van der Waals surface area (Å²) in [4.78, 5) is 20.3. The molecule has 0 aliphatic carbocycles. The van der Waals surface area contributed by atoms with E-state index in [0.717, 1.165) is 43.2 Å². The van der Waals surface area contributed by atoms with Crippen molar-refractivity contribution >= 4 is 22.7 Å². The Morgan fingerprint density at radius 2 is 1.77 bits per heavy atom. The van der Waals surface area contributed by atoms with Crippen LogP contribution in [0.15, 0.2) is 48.5 Å². The molecule has 26 heavy (non-hydrogen) atoms. The number of likely N-dealkylation sites (N-methyl/N-ethyl adjacent to an activating group) is 1. The first kappa shape index (κ1) is 16.5. The SMILES string of the molecule is CN1CCN(c2nc3c([N+](=O)[O-])cccc3n2Cc2ccccc2)CC1. The summed E-state index contributed by atoms with van der Waals surface area (Å²) in [7, 11) is 2.11. The van der Waals surface area contributed by atoms with Gasteiger partial charge in [-0.15, -0.1) is 0 Å². The number of non-ortho nitro benzene ring substituents is 1. The van der Waals surface area contributed by atoms with Gasteiger partial charge in [0.1, 0.15) is 0 Å². The topological polar surface area (TPSA) is 67.4 Å². The highest BCUT2D eigenvalue weighted by atomic mass is 16.6. The predicted molar refractivity (Wildman–Crippen MR) is 102 cm³/mol. The van der Waals surface area contributed by atoms with Crippen LogP contribution >= 0.6 is 0 Å². The van der Waals surface area contributed by atoms with E-state index < -0.39 is 0 Å². The van der Waals surface area contributed by atoms with Gasteiger partial charge in [-0.2, -0.15) is 0 Å². The highest BCUT2D eigenvalue weighted by Gasteiger charge is 2.24. The highest BCUT2D eigenvalue weighted by Crippen LogP contribution is 2.30. The molecule has 2 aromatic carbocycles. The van der Waals surface area contributed by atoms with Gasteiger partial charge >= 0.3 is 0 Å². The number of para-hydroxylation sites is 1. The van der Waals surface area contributed by atoms with Crippen LogP contribution in [-0.2, 0) is 6.54 Å². The normalized spacial score (nSPS) is 15.5. The molecular weight excluding hydrogens is 330 g/mol. The Hall–Kier alpha value is -2.93. The van der Waals surface area contributed by atoms with Crippen molar-refractivity contribution in [1.29, 1.82) is 0 Å². The molecule has 0 spiro atoms. The van der Waals surface area contributed by atoms with E-state index in [0.29, 0.717) is 12.1 Å². The molecular formula is C19H21N5O2. The van der Waals surface area contributed by atoms with E-state index in [1.807, 2.05) is 24.3 Å². The fourth-order valence-corrected chi connectivity index (χ4v) is 3.44. The number of piperazine rings is 1. The summed E-state index contributed by atoms with van der Waals surface area (Å²) in [5, 5.41) is 11.4. The summed E-state index contributed by atoms with van der Waals surface area (Å²) in [6, 6.07) is 15.3. The van der Waals surface area contributed by atoms with Crippen molar-refractivity contribution in [2.75, 3.05) is 38.1 Å². The Kier molecular flexibility index (Phi) is 4.30. The molecule has 3 aromatic rings. The number of imidazole rings is 1. The van der Waals surface area contributed by atoms with Crippen LogP contribution < -0.4 is 4.90 Å². The molecule has 0 N–H and O–H groups in total. The van der Waals surface area contributed by atoms with Gasteiger partial charge in [-0.1, -0.05) is 36.4 Å². The van der Waals surface area contributed by atoms with Crippen molar-refractivity contribution in [3.8, 4) is 0 Å². The second kappa shape index (κ2) is 6.76. The van der Waals surface area contributed by atoms with Crippen LogP contribution in [-0.4, -0.2) is 52.6 Å². The third kappa shape index (κ3) is 3.01. The van der Waals surface area contributed by atoms with E-state index in [1.54, 1.807) is 6.07 Å². The van der Waals surface area contributed by atoms with E-state index in [4.69, 9.17) is 4.98 Å². The average molecular weight is 351 g/mol. The van der Waals surface area contributed by atoms with E-state index in [-0.39, 0.29) is 10.6 Å². The Labute approximate surface area is 151 Å². The third-order valence-corrected chi connectivity index (χ3v) is 4.90. The van der Waals surface area contributed by atoms with Gasteiger partial charge < -0.3 is 14.4 Å². The van der Waals surface area contributed by atoms with Crippen molar-refractivity contribution in [1.82, 2.24) is 14.5 Å². The zero-order valence-corrected chi connectivity index (χ0v) is 14.7. The molecule has 134 valence electrons. The molecule has 1 fully saturated rings. The summed E-state index contributed by atoms with van der Waals surface area (Å²) in [6.07, 6.45) is 0. The lowest BCUT2D eigenvalue weighted by Gasteiger charge is -2.33. The quantitative estimate of drug-likeness (QED) is 0.534. The number of nitro groups is 1. The maximum absolute atomic E-state index is 11.4. The summed E-state index contributed by atoms with van der Waals surface area (Å²) < 4.78 is 2.10. The number of rotatable bonds is 4. The number of anilines is 1. The molecule has 0 bridgehead atoms. The van der Waals surface area contributed by atoms with Crippen LogP contribution in [0.2, 0.25) is 0 Å². The van der Waals surface area contributed by atoms with Crippen molar-refractivity contribution < 1.29 is 4.92 Å². The standard InChI is InChI=1S/C19H21N5O2/c1-21-10-12-22(13-11-21)19-20-18-16(8-5-9-17(18)24(25)26)23(19)14-15-6-3-2-4-7-15/h2-9H,10-14H2,1H3. The smallest absolute Gasteiger partial charge is 0.297 e. The van der Waals surface area contributed by atoms with Gasteiger partial charge in [0, 0.05) is 32.2 Å². The first-order valence-electron chi connectivity index (χ1n) is 8.74. The third-order valence-electron chi connectivity index (χ3n) is 4.90. The van der Waals surface area contributed by atoms with Crippen LogP contribution in [0.4, 0.5) is 11.6 Å². The van der Waals surface area contributed by atoms with Gasteiger partial charge in [0.15, 0.2) is 5.52 Å². The Morgan fingerprint density at radius 3 is 2.46 bits per heavy atom. The molecule has 1 saturated heterocycles. The molecule has 0 amide bonds. The lowest BCUT2D eigenvalue weighted by atomic mass is 10.2. The molecule has 1 aliphatic heterocycles. The lowest BCUT2D eigenvalue weighted by molar-refractivity contribution is -0.383. The first-order valence-corrected chi connectivity index (χ1v) is 8.74. The Balaban J connectivity index is 1.84. The number of nitro benzene ring substituents is 1. The summed E-state index contributed by atoms with van der Waals surface area (Å²) in [6.45, 7) is 4.28. The van der Waals surface area contributed by atoms with E-state index in [1.165, 1.54) is 6.07 Å². The molecule has 1 aliphatic rings. The van der Waals surface area contributed by atoms with Crippen LogP contribution in [0.25, 0.3) is 11.0 Å². The van der Waals surface area contributed by atoms with Gasteiger partial charge in [0.2, 0.25) is 5.95 Å². The van der Waals surface area contributed by atoms with Crippen LogP contribution in [0.5, 0.6) is 0 Å². The zero-order chi connectivity index (χ0) is 18.1. The fraction of sp³-hybridized carbons (Fsp3) is 0.316. The number of nitrogens with zero attached hydrogens (tertiary/aromatic N) is 5. The first-order chi connectivity index (χ1) is 12.6. The minimum atomic E-state index is -0.351. The van der Waals surface area contributed by atoms with Crippen molar-refractivity contribution in [2.24, 2.45) is 0 Å². The van der Waals surface area contributed by atoms with Crippen LogP contribution in [0.1, 0.15) is 5.56 Å². The van der Waals surface area contributed by atoms with E-state index >= 15 is 0 Å². The summed E-state index contributed by atoms with van der Waals surface area (Å²) in [5.41, 5.74) is 2.47. The highest BCUT2D eigenvalue weighted by molar-refractivity contribution is 5.87. The molecule has 0 radical (unpaired) electrons. The molecule has 2 heterocycles. The van der Waals surface area contributed by atoms with Crippen LogP contribution in [0, 0.1) is 10.1 Å². The van der Waals surface area contributed by atoms with Crippen molar-refractivity contribution in [3.05, 3.63) is 64.2 Å². The number of fused-ring (bicyclic) bond motifs is 1. The number of benzene rings is 2. The maximum Gasteiger partial charge on any atom is 0.297 e. The summed E-state index contributed by atoms with van der Waals surface area (Å²) >= 11 is 0. The largest absolute Gasteiger partial charge is 0.340 e. The maximum atomic E-state index is 11.4. The monoisotopic (exact) mass is 351 g/mol. The van der Waals surface area contributed by atoms with Gasteiger partial charge in [-0.05, 0) is 18.7 Å². The molecule has 7 heteroatoms. The fourth-order valence-electron chi connectivity index (χ4n) is 3.44. The molecule has 0 unspecified atom stereocenters. The zero-order valence-electron chi connectivity index (χ0n) is 14.7.